The van der Waals surface area contributed by atoms with Gasteiger partial charge in [-0.2, -0.15) is 4.31 Å². The maximum atomic E-state index is 12.8. The summed E-state index contributed by atoms with van der Waals surface area (Å²) in [6.07, 6.45) is 2.51. The number of hydrogen-bond acceptors (Lipinski definition) is 5. The number of benzene rings is 1. The molecule has 0 aliphatic carbocycles. The minimum absolute atomic E-state index is 0.0399. The van der Waals surface area contributed by atoms with E-state index in [0.717, 1.165) is 18.7 Å². The molecule has 1 saturated heterocycles. The van der Waals surface area contributed by atoms with E-state index in [9.17, 15) is 8.42 Å². The lowest BCUT2D eigenvalue weighted by Gasteiger charge is -2.25. The van der Waals surface area contributed by atoms with Gasteiger partial charge in [0.25, 0.3) is 0 Å². The van der Waals surface area contributed by atoms with Crippen LogP contribution in [0.5, 0.6) is 0 Å². The summed E-state index contributed by atoms with van der Waals surface area (Å²) in [4.78, 5) is 6.88. The van der Waals surface area contributed by atoms with Crippen LogP contribution >= 0.6 is 0 Å². The molecule has 1 fully saturated rings. The molecule has 1 aliphatic rings. The van der Waals surface area contributed by atoms with Crippen molar-refractivity contribution in [1.82, 2.24) is 14.2 Å². The van der Waals surface area contributed by atoms with E-state index in [4.69, 9.17) is 4.42 Å². The monoisotopic (exact) mass is 349 g/mol. The van der Waals surface area contributed by atoms with Crippen LogP contribution < -0.4 is 0 Å². The highest BCUT2D eigenvalue weighted by Gasteiger charge is 2.29. The predicted molar refractivity (Wildman–Crippen MR) is 91.0 cm³/mol. The summed E-state index contributed by atoms with van der Waals surface area (Å²) in [7, 11) is -3.43. The zero-order chi connectivity index (χ0) is 17.2. The lowest BCUT2D eigenvalue weighted by Crippen LogP contribution is -2.36. The molecule has 0 N–H and O–H groups in total. The van der Waals surface area contributed by atoms with Gasteiger partial charge < -0.3 is 4.42 Å². The molecule has 1 aromatic heterocycles. The molecule has 6 nitrogen and oxygen atoms in total. The number of nitrogens with zero attached hydrogens (tertiary/aromatic N) is 3. The van der Waals surface area contributed by atoms with Crippen molar-refractivity contribution in [2.24, 2.45) is 0 Å². The smallest absolute Gasteiger partial charge is 0.243 e. The van der Waals surface area contributed by atoms with Crippen molar-refractivity contribution in [1.29, 1.82) is 0 Å². The molecule has 1 atom stereocenters. The lowest BCUT2D eigenvalue weighted by molar-refractivity contribution is 0.190. The molecular weight excluding hydrogens is 326 g/mol. The number of rotatable bonds is 4. The molecule has 1 unspecified atom stereocenters. The zero-order valence-corrected chi connectivity index (χ0v) is 14.9. The molecule has 0 saturated carbocycles. The maximum Gasteiger partial charge on any atom is 0.243 e. The standard InChI is InChI=1S/C17H23N3O3S/c1-14-13-18-17(23-14)15(2)19-9-6-10-20(12-11-19)24(21,22)16-7-4-3-5-8-16/h3-5,7-8,13,15H,6,9-12H2,1-2H3. The molecule has 7 heteroatoms. The van der Waals surface area contributed by atoms with Gasteiger partial charge in [-0.3, -0.25) is 4.90 Å². The van der Waals surface area contributed by atoms with Crippen LogP contribution in [0.3, 0.4) is 0 Å². The Hall–Kier alpha value is -1.70. The topological polar surface area (TPSA) is 66.7 Å². The normalized spacial score (nSPS) is 19.1. The van der Waals surface area contributed by atoms with Crippen molar-refractivity contribution in [2.45, 2.75) is 31.2 Å². The van der Waals surface area contributed by atoms with Crippen LogP contribution in [0.4, 0.5) is 0 Å². The molecule has 2 aromatic rings. The molecule has 0 spiro atoms. The summed E-state index contributed by atoms with van der Waals surface area (Å²) in [6.45, 7) is 6.41. The van der Waals surface area contributed by atoms with Gasteiger partial charge in [-0.05, 0) is 32.4 Å². The lowest BCUT2D eigenvalue weighted by atomic mass is 10.2. The van der Waals surface area contributed by atoms with E-state index in [1.54, 1.807) is 34.8 Å². The Kier molecular flexibility index (Phi) is 5.03. The average molecular weight is 349 g/mol. The van der Waals surface area contributed by atoms with Gasteiger partial charge in [-0.25, -0.2) is 13.4 Å². The summed E-state index contributed by atoms with van der Waals surface area (Å²) < 4.78 is 32.7. The third-order valence-electron chi connectivity index (χ3n) is 4.41. The third kappa shape index (κ3) is 3.53. The fourth-order valence-electron chi connectivity index (χ4n) is 3.00. The molecule has 1 aliphatic heterocycles. The summed E-state index contributed by atoms with van der Waals surface area (Å²) in [5.41, 5.74) is 0. The Labute approximate surface area is 143 Å². The second kappa shape index (κ2) is 7.04. The summed E-state index contributed by atoms with van der Waals surface area (Å²) in [5.74, 6) is 1.48. The van der Waals surface area contributed by atoms with Crippen LogP contribution in [0, 0.1) is 6.92 Å². The Morgan fingerprint density at radius 1 is 1.12 bits per heavy atom. The quantitative estimate of drug-likeness (QED) is 0.848. The predicted octanol–water partition coefficient (Wildman–Crippen LogP) is 2.44. The van der Waals surface area contributed by atoms with Gasteiger partial charge in [0, 0.05) is 26.2 Å². The van der Waals surface area contributed by atoms with Crippen LogP contribution in [0.15, 0.2) is 45.8 Å². The van der Waals surface area contributed by atoms with E-state index < -0.39 is 10.0 Å². The summed E-state index contributed by atoms with van der Waals surface area (Å²) in [6, 6.07) is 8.67. The average Bonchev–Trinajstić information content (AvgIpc) is 2.86. The van der Waals surface area contributed by atoms with E-state index in [1.165, 1.54) is 0 Å². The van der Waals surface area contributed by atoms with Gasteiger partial charge in [0.05, 0.1) is 17.1 Å². The van der Waals surface area contributed by atoms with Crippen molar-refractivity contribution in [3.8, 4) is 0 Å². The minimum Gasteiger partial charge on any atom is -0.444 e. The summed E-state index contributed by atoms with van der Waals surface area (Å²) >= 11 is 0. The molecule has 1 aromatic carbocycles. The van der Waals surface area contributed by atoms with E-state index in [2.05, 4.69) is 9.88 Å². The van der Waals surface area contributed by atoms with E-state index in [0.29, 0.717) is 30.4 Å². The number of hydrogen-bond donors (Lipinski definition) is 0. The van der Waals surface area contributed by atoms with E-state index in [1.807, 2.05) is 19.9 Å². The van der Waals surface area contributed by atoms with Gasteiger partial charge in [0.15, 0.2) is 0 Å². The van der Waals surface area contributed by atoms with Crippen LogP contribution in [0.2, 0.25) is 0 Å². The fourth-order valence-corrected chi connectivity index (χ4v) is 4.50. The van der Waals surface area contributed by atoms with Crippen LogP contribution in [-0.2, 0) is 10.0 Å². The fraction of sp³-hybridized carbons (Fsp3) is 0.471. The number of sulfonamides is 1. The molecule has 0 bridgehead atoms. The largest absolute Gasteiger partial charge is 0.444 e. The second-order valence-corrected chi connectivity index (χ2v) is 8.03. The Morgan fingerprint density at radius 3 is 2.54 bits per heavy atom. The first-order valence-corrected chi connectivity index (χ1v) is 9.64. The Bertz CT molecular complexity index is 773. The summed E-state index contributed by atoms with van der Waals surface area (Å²) in [5, 5.41) is 0. The number of aryl methyl sites for hydroxylation is 1. The number of oxazole rings is 1. The van der Waals surface area contributed by atoms with Gasteiger partial charge in [-0.1, -0.05) is 18.2 Å². The highest BCUT2D eigenvalue weighted by molar-refractivity contribution is 7.89. The maximum absolute atomic E-state index is 12.8. The first-order valence-electron chi connectivity index (χ1n) is 8.20. The van der Waals surface area contributed by atoms with Gasteiger partial charge in [-0.15, -0.1) is 0 Å². The van der Waals surface area contributed by atoms with E-state index >= 15 is 0 Å². The Balaban J connectivity index is 1.71. The van der Waals surface area contributed by atoms with Gasteiger partial charge >= 0.3 is 0 Å². The highest BCUT2D eigenvalue weighted by atomic mass is 32.2. The van der Waals surface area contributed by atoms with Crippen LogP contribution in [-0.4, -0.2) is 48.8 Å². The molecule has 3 rings (SSSR count). The first-order chi connectivity index (χ1) is 11.5. The zero-order valence-electron chi connectivity index (χ0n) is 14.1. The van der Waals surface area contributed by atoms with Gasteiger partial charge in [0.1, 0.15) is 5.76 Å². The van der Waals surface area contributed by atoms with E-state index in [-0.39, 0.29) is 6.04 Å². The molecule has 2 heterocycles. The highest BCUT2D eigenvalue weighted by Crippen LogP contribution is 2.23. The second-order valence-electron chi connectivity index (χ2n) is 6.09. The third-order valence-corrected chi connectivity index (χ3v) is 6.33. The molecule has 130 valence electrons. The molecule has 0 amide bonds. The number of aromatic nitrogens is 1. The molecular formula is C17H23N3O3S. The van der Waals surface area contributed by atoms with Crippen molar-refractivity contribution in [3.63, 3.8) is 0 Å². The Morgan fingerprint density at radius 2 is 1.88 bits per heavy atom. The van der Waals surface area contributed by atoms with Crippen molar-refractivity contribution >= 4 is 10.0 Å². The van der Waals surface area contributed by atoms with Gasteiger partial charge in [0.2, 0.25) is 15.9 Å². The molecule has 24 heavy (non-hydrogen) atoms. The SMILES string of the molecule is Cc1cnc(C(C)N2CCCN(S(=O)(=O)c3ccccc3)CC2)o1. The van der Waals surface area contributed by atoms with Crippen LogP contribution in [0.1, 0.15) is 31.0 Å². The van der Waals surface area contributed by atoms with Crippen molar-refractivity contribution in [2.75, 3.05) is 26.2 Å². The minimum atomic E-state index is -3.43. The van der Waals surface area contributed by atoms with Crippen molar-refractivity contribution < 1.29 is 12.8 Å². The molecule has 0 radical (unpaired) electrons. The van der Waals surface area contributed by atoms with Crippen molar-refractivity contribution in [3.05, 3.63) is 48.2 Å². The van der Waals surface area contributed by atoms with Crippen LogP contribution in [0.25, 0.3) is 0 Å². The first kappa shape index (κ1) is 17.1.